The Morgan fingerprint density at radius 3 is 2.23 bits per heavy atom. The molecule has 2 atom stereocenters. The van der Waals surface area contributed by atoms with Gasteiger partial charge in [-0.1, -0.05) is 0 Å². The van der Waals surface area contributed by atoms with Gasteiger partial charge in [0, 0.05) is 13.0 Å². The highest BCUT2D eigenvalue weighted by molar-refractivity contribution is 6.06. The summed E-state index contributed by atoms with van der Waals surface area (Å²) in [4.78, 5) is 24.4. The van der Waals surface area contributed by atoms with Crippen LogP contribution < -0.4 is 0 Å². The van der Waals surface area contributed by atoms with E-state index in [4.69, 9.17) is 6.42 Å². The Hall–Kier alpha value is -1.30. The average molecular weight is 177 g/mol. The fourth-order valence-corrected chi connectivity index (χ4v) is 2.00. The van der Waals surface area contributed by atoms with Crippen LogP contribution in [0.5, 0.6) is 0 Å². The lowest BCUT2D eigenvalue weighted by Crippen LogP contribution is -2.31. The highest BCUT2D eigenvalue weighted by Crippen LogP contribution is 2.42. The molecule has 1 heterocycles. The van der Waals surface area contributed by atoms with Crippen molar-refractivity contribution in [2.75, 3.05) is 6.54 Å². The molecule has 3 heteroatoms. The van der Waals surface area contributed by atoms with Crippen LogP contribution in [-0.4, -0.2) is 23.3 Å². The summed E-state index contributed by atoms with van der Waals surface area (Å²) in [6.07, 6.45) is 7.31. The molecule has 0 unspecified atom stereocenters. The third-order valence-electron chi connectivity index (χ3n) is 2.92. The first-order chi connectivity index (χ1) is 6.25. The topological polar surface area (TPSA) is 37.4 Å². The minimum Gasteiger partial charge on any atom is -0.281 e. The van der Waals surface area contributed by atoms with Gasteiger partial charge in [-0.25, -0.2) is 0 Å². The van der Waals surface area contributed by atoms with Crippen molar-refractivity contribution in [3.05, 3.63) is 0 Å². The molecule has 1 aliphatic carbocycles. The molecule has 0 aromatic heterocycles. The molecule has 0 radical (unpaired) electrons. The molecule has 1 aliphatic heterocycles. The van der Waals surface area contributed by atoms with E-state index in [1.165, 1.54) is 4.90 Å². The van der Waals surface area contributed by atoms with Crippen LogP contribution in [-0.2, 0) is 9.59 Å². The molecule has 0 aromatic carbocycles. The molecule has 1 saturated carbocycles. The molecule has 13 heavy (non-hydrogen) atoms. The number of carbonyl (C=O) groups is 2. The summed E-state index contributed by atoms with van der Waals surface area (Å²) >= 11 is 0. The van der Waals surface area contributed by atoms with E-state index in [9.17, 15) is 9.59 Å². The van der Waals surface area contributed by atoms with Crippen LogP contribution >= 0.6 is 0 Å². The zero-order valence-electron chi connectivity index (χ0n) is 7.32. The molecular formula is C10H11NO2. The van der Waals surface area contributed by atoms with Gasteiger partial charge >= 0.3 is 0 Å². The van der Waals surface area contributed by atoms with E-state index in [2.05, 4.69) is 5.92 Å². The lowest BCUT2D eigenvalue weighted by Gasteiger charge is -2.24. The van der Waals surface area contributed by atoms with E-state index in [1.54, 1.807) is 0 Å². The highest BCUT2D eigenvalue weighted by Gasteiger charge is 2.52. The fourth-order valence-electron chi connectivity index (χ4n) is 2.00. The number of amides is 2. The second-order valence-electron chi connectivity index (χ2n) is 3.57. The number of fused-ring (bicyclic) bond motifs is 1. The maximum absolute atomic E-state index is 11.5. The molecule has 0 spiro atoms. The number of imide groups is 1. The quantitative estimate of drug-likeness (QED) is 0.452. The zero-order valence-corrected chi connectivity index (χ0v) is 7.32. The van der Waals surface area contributed by atoms with Gasteiger partial charge in [0.15, 0.2) is 0 Å². The summed E-state index contributed by atoms with van der Waals surface area (Å²) in [5.74, 6) is 2.42. The van der Waals surface area contributed by atoms with Crippen LogP contribution in [0.3, 0.4) is 0 Å². The van der Waals surface area contributed by atoms with Gasteiger partial charge in [0.2, 0.25) is 11.8 Å². The van der Waals surface area contributed by atoms with Crippen LogP contribution in [0.2, 0.25) is 0 Å². The first-order valence-electron chi connectivity index (χ1n) is 4.54. The lowest BCUT2D eigenvalue weighted by molar-refractivity contribution is -0.139. The SMILES string of the molecule is C#CCCN1C(=O)[C@H]2CC[C@H]2C1=O. The van der Waals surface area contributed by atoms with Gasteiger partial charge in [-0.3, -0.25) is 14.5 Å². The smallest absolute Gasteiger partial charge is 0.233 e. The largest absolute Gasteiger partial charge is 0.281 e. The molecule has 0 N–H and O–H groups in total. The van der Waals surface area contributed by atoms with E-state index in [0.29, 0.717) is 13.0 Å². The van der Waals surface area contributed by atoms with Crippen molar-refractivity contribution in [1.29, 1.82) is 0 Å². The van der Waals surface area contributed by atoms with E-state index in [0.717, 1.165) is 12.8 Å². The van der Waals surface area contributed by atoms with Crippen LogP contribution in [0.1, 0.15) is 19.3 Å². The average Bonchev–Trinajstić information content (AvgIpc) is 2.16. The van der Waals surface area contributed by atoms with Crippen molar-refractivity contribution in [3.63, 3.8) is 0 Å². The van der Waals surface area contributed by atoms with Crippen LogP contribution in [0.25, 0.3) is 0 Å². The second-order valence-corrected chi connectivity index (χ2v) is 3.57. The van der Waals surface area contributed by atoms with Crippen molar-refractivity contribution >= 4 is 11.8 Å². The lowest BCUT2D eigenvalue weighted by atomic mass is 9.76. The maximum atomic E-state index is 11.5. The molecule has 1 saturated heterocycles. The second kappa shape index (κ2) is 2.88. The fraction of sp³-hybridized carbons (Fsp3) is 0.600. The predicted molar refractivity (Wildman–Crippen MR) is 46.4 cm³/mol. The minimum absolute atomic E-state index is 0.00324. The highest BCUT2D eigenvalue weighted by atomic mass is 16.2. The summed E-state index contributed by atoms with van der Waals surface area (Å²) in [6, 6.07) is 0. The summed E-state index contributed by atoms with van der Waals surface area (Å²) in [5, 5.41) is 0. The first-order valence-corrected chi connectivity index (χ1v) is 4.54. The standard InChI is InChI=1S/C10H11NO2/c1-2-3-6-11-9(12)7-4-5-8(7)10(11)13/h1,7-8H,3-6H2/t7-,8+. The maximum Gasteiger partial charge on any atom is 0.233 e. The zero-order chi connectivity index (χ0) is 9.42. The molecule has 68 valence electrons. The van der Waals surface area contributed by atoms with Gasteiger partial charge in [0.25, 0.3) is 0 Å². The Bertz CT molecular complexity index is 281. The van der Waals surface area contributed by atoms with Gasteiger partial charge in [0.05, 0.1) is 11.8 Å². The Morgan fingerprint density at radius 1 is 1.31 bits per heavy atom. The van der Waals surface area contributed by atoms with Crippen LogP contribution in [0.15, 0.2) is 0 Å². The van der Waals surface area contributed by atoms with Crippen LogP contribution in [0, 0.1) is 24.2 Å². The Balaban J connectivity index is 2.07. The molecule has 2 rings (SSSR count). The normalized spacial score (nSPS) is 31.2. The molecule has 3 nitrogen and oxygen atoms in total. The van der Waals surface area contributed by atoms with Crippen molar-refractivity contribution in [3.8, 4) is 12.3 Å². The van der Waals surface area contributed by atoms with Crippen molar-refractivity contribution in [1.82, 2.24) is 4.90 Å². The Morgan fingerprint density at radius 2 is 1.85 bits per heavy atom. The number of likely N-dealkylation sites (tertiary alicyclic amines) is 1. The number of hydrogen-bond acceptors (Lipinski definition) is 2. The number of carbonyl (C=O) groups excluding carboxylic acids is 2. The number of rotatable bonds is 2. The Kier molecular flexibility index (Phi) is 1.84. The van der Waals surface area contributed by atoms with E-state index < -0.39 is 0 Å². The third kappa shape index (κ3) is 1.06. The summed E-state index contributed by atoms with van der Waals surface area (Å²) in [5.41, 5.74) is 0. The molecule has 0 bridgehead atoms. The first kappa shape index (κ1) is 8.31. The van der Waals surface area contributed by atoms with Gasteiger partial charge < -0.3 is 0 Å². The van der Waals surface area contributed by atoms with Gasteiger partial charge in [-0.15, -0.1) is 12.3 Å². The molecular weight excluding hydrogens is 166 g/mol. The summed E-state index contributed by atoms with van der Waals surface area (Å²) in [7, 11) is 0. The molecule has 2 amide bonds. The number of terminal acetylenes is 1. The van der Waals surface area contributed by atoms with Crippen molar-refractivity contribution < 1.29 is 9.59 Å². The molecule has 0 aromatic rings. The van der Waals surface area contributed by atoms with Gasteiger partial charge in [-0.05, 0) is 12.8 Å². The molecule has 2 aliphatic rings. The predicted octanol–water partition coefficient (Wildman–Crippen LogP) is 0.405. The monoisotopic (exact) mass is 177 g/mol. The minimum atomic E-state index is -0.00901. The third-order valence-corrected chi connectivity index (χ3v) is 2.92. The van der Waals surface area contributed by atoms with E-state index >= 15 is 0 Å². The van der Waals surface area contributed by atoms with Crippen molar-refractivity contribution in [2.24, 2.45) is 11.8 Å². The molecule has 2 fully saturated rings. The Labute approximate surface area is 77.1 Å². The number of hydrogen-bond donors (Lipinski definition) is 0. The van der Waals surface area contributed by atoms with E-state index in [1.807, 2.05) is 0 Å². The van der Waals surface area contributed by atoms with Crippen molar-refractivity contribution in [2.45, 2.75) is 19.3 Å². The van der Waals surface area contributed by atoms with Crippen LogP contribution in [0.4, 0.5) is 0 Å². The number of nitrogens with zero attached hydrogens (tertiary/aromatic N) is 1. The van der Waals surface area contributed by atoms with Gasteiger partial charge in [0.1, 0.15) is 0 Å². The van der Waals surface area contributed by atoms with E-state index in [-0.39, 0.29) is 23.7 Å². The van der Waals surface area contributed by atoms with Gasteiger partial charge in [-0.2, -0.15) is 0 Å². The summed E-state index contributed by atoms with van der Waals surface area (Å²) in [6.45, 7) is 0.404. The summed E-state index contributed by atoms with van der Waals surface area (Å²) < 4.78 is 0.